The van der Waals surface area contributed by atoms with Gasteiger partial charge in [0.15, 0.2) is 11.6 Å². The molecule has 0 bridgehead atoms. The molecule has 7 heteroatoms. The van der Waals surface area contributed by atoms with E-state index in [9.17, 15) is 22.7 Å². The normalized spacial score (nSPS) is 12.9. The first kappa shape index (κ1) is 15.9. The monoisotopic (exact) mass is 281 g/mol. The Morgan fingerprint density at radius 1 is 1.21 bits per heavy atom. The number of hydrogen-bond donors (Lipinski definition) is 2. The molecule has 0 heterocycles. The Hall–Kier alpha value is -1.18. The fraction of sp³-hybridized carbons (Fsp3) is 0.500. The zero-order chi connectivity index (χ0) is 14.3. The van der Waals surface area contributed by atoms with Gasteiger partial charge >= 0.3 is 0 Å². The van der Waals surface area contributed by atoms with E-state index in [0.29, 0.717) is 0 Å². The summed E-state index contributed by atoms with van der Waals surface area (Å²) in [6, 6.07) is 3.12. The predicted molar refractivity (Wildman–Crippen MR) is 61.0 cm³/mol. The summed E-state index contributed by atoms with van der Waals surface area (Å²) in [5.41, 5.74) is 0.236. The van der Waals surface area contributed by atoms with Crippen LogP contribution >= 0.6 is 0 Å². The molecular formula is C12H15F4NO2. The van der Waals surface area contributed by atoms with Gasteiger partial charge in [0.1, 0.15) is 6.61 Å². The lowest BCUT2D eigenvalue weighted by Gasteiger charge is -2.12. The first-order chi connectivity index (χ1) is 9.00. The van der Waals surface area contributed by atoms with E-state index in [-0.39, 0.29) is 25.3 Å². The first-order valence-electron chi connectivity index (χ1n) is 5.70. The van der Waals surface area contributed by atoms with E-state index >= 15 is 0 Å². The van der Waals surface area contributed by atoms with Crippen molar-refractivity contribution in [3.8, 4) is 0 Å². The van der Waals surface area contributed by atoms with E-state index < -0.39 is 30.8 Å². The maximum atomic E-state index is 12.9. The second-order valence-corrected chi connectivity index (χ2v) is 3.86. The fourth-order valence-electron chi connectivity index (χ4n) is 1.39. The number of nitrogens with one attached hydrogen (secondary N) is 1. The highest BCUT2D eigenvalue weighted by Gasteiger charge is 2.10. The maximum absolute atomic E-state index is 12.9. The molecule has 0 fully saturated rings. The predicted octanol–water partition coefficient (Wildman–Crippen LogP) is 1.87. The van der Waals surface area contributed by atoms with Crippen LogP contribution in [0.25, 0.3) is 0 Å². The van der Waals surface area contributed by atoms with Crippen LogP contribution in [-0.4, -0.2) is 37.8 Å². The van der Waals surface area contributed by atoms with Crippen LogP contribution in [0.15, 0.2) is 18.2 Å². The van der Waals surface area contributed by atoms with Crippen LogP contribution in [0.2, 0.25) is 0 Å². The van der Waals surface area contributed by atoms with Crippen molar-refractivity contribution in [2.75, 3.05) is 26.3 Å². The summed E-state index contributed by atoms with van der Waals surface area (Å²) in [5.74, 6) is -2.01. The highest BCUT2D eigenvalue weighted by Crippen LogP contribution is 2.15. The van der Waals surface area contributed by atoms with Gasteiger partial charge in [0.2, 0.25) is 0 Å². The molecule has 108 valence electrons. The third-order valence-corrected chi connectivity index (χ3v) is 2.33. The van der Waals surface area contributed by atoms with Crippen LogP contribution in [0.5, 0.6) is 0 Å². The van der Waals surface area contributed by atoms with Gasteiger partial charge in [0, 0.05) is 13.1 Å². The first-order valence-corrected chi connectivity index (χ1v) is 5.70. The Morgan fingerprint density at radius 3 is 2.58 bits per heavy atom. The van der Waals surface area contributed by atoms with Crippen molar-refractivity contribution in [3.05, 3.63) is 35.4 Å². The molecule has 1 rings (SSSR count). The van der Waals surface area contributed by atoms with Crippen LogP contribution in [0, 0.1) is 11.6 Å². The zero-order valence-corrected chi connectivity index (χ0v) is 10.1. The van der Waals surface area contributed by atoms with E-state index in [0.717, 1.165) is 12.1 Å². The largest absolute Gasteiger partial charge is 0.387 e. The summed E-state index contributed by atoms with van der Waals surface area (Å²) < 4.78 is 53.6. The molecule has 1 atom stereocenters. The highest BCUT2D eigenvalue weighted by molar-refractivity contribution is 5.20. The average Bonchev–Trinajstić information content (AvgIpc) is 2.36. The Kier molecular flexibility index (Phi) is 6.75. The number of aliphatic hydroxyl groups excluding tert-OH is 1. The molecule has 1 aromatic carbocycles. The summed E-state index contributed by atoms with van der Waals surface area (Å²) in [6.45, 7) is -0.196. The fourth-order valence-corrected chi connectivity index (χ4v) is 1.39. The second-order valence-electron chi connectivity index (χ2n) is 3.86. The van der Waals surface area contributed by atoms with Crippen molar-refractivity contribution in [2.45, 2.75) is 12.5 Å². The van der Waals surface area contributed by atoms with Crippen molar-refractivity contribution in [3.63, 3.8) is 0 Å². The van der Waals surface area contributed by atoms with Gasteiger partial charge in [0.05, 0.1) is 12.7 Å². The van der Waals surface area contributed by atoms with Crippen molar-refractivity contribution in [2.24, 2.45) is 0 Å². The van der Waals surface area contributed by atoms with E-state index in [2.05, 4.69) is 10.1 Å². The summed E-state index contributed by atoms with van der Waals surface area (Å²) in [4.78, 5) is 0. The number of hydrogen-bond acceptors (Lipinski definition) is 3. The van der Waals surface area contributed by atoms with Gasteiger partial charge in [-0.3, -0.25) is 0 Å². The Balaban J connectivity index is 2.23. The highest BCUT2D eigenvalue weighted by atomic mass is 19.3. The van der Waals surface area contributed by atoms with Crippen LogP contribution in [0.4, 0.5) is 17.6 Å². The number of rotatable bonds is 8. The smallest absolute Gasteiger partial charge is 0.261 e. The van der Waals surface area contributed by atoms with Crippen LogP contribution in [-0.2, 0) is 4.74 Å². The minimum absolute atomic E-state index is 0.0782. The molecule has 0 radical (unpaired) electrons. The van der Waals surface area contributed by atoms with Crippen molar-refractivity contribution >= 4 is 0 Å². The van der Waals surface area contributed by atoms with Gasteiger partial charge in [-0.05, 0) is 17.7 Å². The Bertz CT molecular complexity index is 390. The van der Waals surface area contributed by atoms with Crippen molar-refractivity contribution in [1.29, 1.82) is 0 Å². The standard InChI is InChI=1S/C12H15F4NO2/c13-9-2-1-8(5-10(9)14)11(18)6-17-3-4-19-7-12(15)16/h1-2,5,11-12,17-18H,3-4,6-7H2. The SMILES string of the molecule is OC(CNCCOCC(F)F)c1ccc(F)c(F)c1. The van der Waals surface area contributed by atoms with Crippen LogP contribution in [0.3, 0.4) is 0 Å². The van der Waals surface area contributed by atoms with Crippen molar-refractivity contribution < 1.29 is 27.4 Å². The number of alkyl halides is 2. The lowest BCUT2D eigenvalue weighted by molar-refractivity contribution is 0.0181. The number of aliphatic hydroxyl groups is 1. The Labute approximate surface area is 108 Å². The van der Waals surface area contributed by atoms with Gasteiger partial charge in [0.25, 0.3) is 6.43 Å². The second kappa shape index (κ2) is 8.08. The molecule has 0 saturated heterocycles. The Morgan fingerprint density at radius 2 is 1.95 bits per heavy atom. The van der Waals surface area contributed by atoms with E-state index in [4.69, 9.17) is 0 Å². The van der Waals surface area contributed by atoms with Crippen LogP contribution in [0.1, 0.15) is 11.7 Å². The summed E-state index contributed by atoms with van der Waals surface area (Å²) in [6.07, 6.45) is -3.52. The maximum Gasteiger partial charge on any atom is 0.261 e. The third-order valence-electron chi connectivity index (χ3n) is 2.33. The topological polar surface area (TPSA) is 41.5 Å². The average molecular weight is 281 g/mol. The minimum atomic E-state index is -2.51. The number of benzene rings is 1. The molecule has 0 aromatic heterocycles. The summed E-state index contributed by atoms with van der Waals surface area (Å²) in [7, 11) is 0. The molecule has 3 nitrogen and oxygen atoms in total. The van der Waals surface area contributed by atoms with Crippen LogP contribution < -0.4 is 5.32 Å². The third kappa shape index (κ3) is 6.00. The van der Waals surface area contributed by atoms with E-state index in [1.54, 1.807) is 0 Å². The molecule has 1 aromatic rings. The number of halogens is 4. The lowest BCUT2D eigenvalue weighted by atomic mass is 10.1. The molecule has 0 aliphatic rings. The minimum Gasteiger partial charge on any atom is -0.387 e. The molecule has 0 aliphatic heterocycles. The molecule has 2 N–H and O–H groups in total. The van der Waals surface area contributed by atoms with Gasteiger partial charge in [-0.25, -0.2) is 17.6 Å². The van der Waals surface area contributed by atoms with Gasteiger partial charge in [-0.2, -0.15) is 0 Å². The lowest BCUT2D eigenvalue weighted by Crippen LogP contribution is -2.26. The van der Waals surface area contributed by atoms with E-state index in [1.165, 1.54) is 6.07 Å². The molecular weight excluding hydrogens is 266 g/mol. The van der Waals surface area contributed by atoms with Gasteiger partial charge in [-0.15, -0.1) is 0 Å². The molecule has 1 unspecified atom stereocenters. The van der Waals surface area contributed by atoms with Gasteiger partial charge in [-0.1, -0.05) is 6.07 Å². The summed E-state index contributed by atoms with van der Waals surface area (Å²) >= 11 is 0. The van der Waals surface area contributed by atoms with E-state index in [1.807, 2.05) is 0 Å². The quantitative estimate of drug-likeness (QED) is 0.564. The van der Waals surface area contributed by atoms with Crippen molar-refractivity contribution in [1.82, 2.24) is 5.32 Å². The molecule has 0 amide bonds. The summed E-state index contributed by atoms with van der Waals surface area (Å²) in [5, 5.41) is 12.4. The molecule has 0 spiro atoms. The molecule has 19 heavy (non-hydrogen) atoms. The van der Waals surface area contributed by atoms with Gasteiger partial charge < -0.3 is 15.2 Å². The zero-order valence-electron chi connectivity index (χ0n) is 10.1. The molecule has 0 aliphatic carbocycles. The molecule has 0 saturated carbocycles. The number of ether oxygens (including phenoxy) is 1.